The van der Waals surface area contributed by atoms with Gasteiger partial charge in [0, 0.05) is 17.0 Å². The number of hydrogen-bond donors (Lipinski definition) is 1. The molecule has 2 aromatic carbocycles. The zero-order valence-corrected chi connectivity index (χ0v) is 16.4. The summed E-state index contributed by atoms with van der Waals surface area (Å²) in [6.45, 7) is 5.92. The van der Waals surface area contributed by atoms with E-state index in [1.165, 1.54) is 0 Å². The van der Waals surface area contributed by atoms with Gasteiger partial charge in [-0.25, -0.2) is 0 Å². The van der Waals surface area contributed by atoms with Crippen LogP contribution in [-0.4, -0.2) is 18.1 Å². The number of aryl methyl sites for hydroxylation is 1. The first-order valence-corrected chi connectivity index (χ1v) is 9.16. The number of nitrogens with one attached hydrogen (secondary N) is 1. The number of benzene rings is 2. The molecule has 0 unspecified atom stereocenters. The zero-order valence-electron chi connectivity index (χ0n) is 14.9. The third kappa shape index (κ3) is 4.43. The molecule has 0 radical (unpaired) electrons. The molecule has 0 aromatic heterocycles. The van der Waals surface area contributed by atoms with E-state index >= 15 is 0 Å². The number of fused-ring (bicyclic) bond motifs is 1. The van der Waals surface area contributed by atoms with Crippen molar-refractivity contribution in [3.05, 3.63) is 57.6 Å². The Balaban J connectivity index is 1.69. The van der Waals surface area contributed by atoms with Gasteiger partial charge in [0.2, 0.25) is 0 Å². The average Bonchev–Trinajstić information content (AvgIpc) is 2.52. The van der Waals surface area contributed by atoms with Crippen LogP contribution < -0.4 is 14.8 Å². The van der Waals surface area contributed by atoms with E-state index in [0.717, 1.165) is 16.9 Å². The lowest BCUT2D eigenvalue weighted by molar-refractivity contribution is -0.124. The van der Waals surface area contributed by atoms with E-state index in [4.69, 9.17) is 32.7 Å². The molecule has 1 N–H and O–H groups in total. The SMILES string of the molecule is Cc1ccc2c(c1)OC(C)(C)C[C@@H]2NC(=O)COc1ccc(Cl)cc1Cl. The Hall–Kier alpha value is -1.91. The molecule has 3 rings (SSSR count). The molecule has 1 amide bonds. The van der Waals surface area contributed by atoms with E-state index in [9.17, 15) is 4.79 Å². The Kier molecular flexibility index (Phi) is 5.35. The smallest absolute Gasteiger partial charge is 0.258 e. The molecular formula is C20H21Cl2NO3. The summed E-state index contributed by atoms with van der Waals surface area (Å²) < 4.78 is 11.6. The fourth-order valence-electron chi connectivity index (χ4n) is 3.06. The highest BCUT2D eigenvalue weighted by Gasteiger charge is 2.34. The van der Waals surface area contributed by atoms with Gasteiger partial charge in [0.15, 0.2) is 6.61 Å². The van der Waals surface area contributed by atoms with Gasteiger partial charge < -0.3 is 14.8 Å². The first-order valence-electron chi connectivity index (χ1n) is 8.40. The van der Waals surface area contributed by atoms with E-state index in [1.54, 1.807) is 18.2 Å². The van der Waals surface area contributed by atoms with Crippen molar-refractivity contribution in [1.29, 1.82) is 0 Å². The molecule has 0 bridgehead atoms. The summed E-state index contributed by atoms with van der Waals surface area (Å²) >= 11 is 11.9. The van der Waals surface area contributed by atoms with E-state index in [2.05, 4.69) is 5.32 Å². The van der Waals surface area contributed by atoms with Crippen LogP contribution >= 0.6 is 23.2 Å². The molecule has 1 heterocycles. The van der Waals surface area contributed by atoms with Gasteiger partial charge in [-0.2, -0.15) is 0 Å². The molecule has 0 saturated heterocycles. The summed E-state index contributed by atoms with van der Waals surface area (Å²) in [7, 11) is 0. The minimum absolute atomic E-state index is 0.125. The van der Waals surface area contributed by atoms with Crippen LogP contribution in [0.25, 0.3) is 0 Å². The summed E-state index contributed by atoms with van der Waals surface area (Å²) in [5, 5.41) is 3.93. The predicted octanol–water partition coefficient (Wildman–Crippen LogP) is 5.10. The van der Waals surface area contributed by atoms with Gasteiger partial charge in [0.1, 0.15) is 17.1 Å². The third-order valence-corrected chi connectivity index (χ3v) is 4.74. The maximum atomic E-state index is 12.4. The molecule has 1 atom stereocenters. The Morgan fingerprint density at radius 3 is 2.77 bits per heavy atom. The maximum absolute atomic E-state index is 12.4. The highest BCUT2D eigenvalue weighted by atomic mass is 35.5. The molecule has 0 fully saturated rings. The summed E-state index contributed by atoms with van der Waals surface area (Å²) in [4.78, 5) is 12.4. The van der Waals surface area contributed by atoms with Gasteiger partial charge >= 0.3 is 0 Å². The molecular weight excluding hydrogens is 373 g/mol. The van der Waals surface area contributed by atoms with Crippen molar-refractivity contribution < 1.29 is 14.3 Å². The molecule has 1 aliphatic rings. The van der Waals surface area contributed by atoms with Crippen molar-refractivity contribution in [1.82, 2.24) is 5.32 Å². The predicted molar refractivity (Wildman–Crippen MR) is 103 cm³/mol. The normalized spacial score (nSPS) is 17.8. The van der Waals surface area contributed by atoms with Gasteiger partial charge in [-0.3, -0.25) is 4.79 Å². The average molecular weight is 394 g/mol. The molecule has 138 valence electrons. The third-order valence-electron chi connectivity index (χ3n) is 4.21. The summed E-state index contributed by atoms with van der Waals surface area (Å²) in [5.41, 5.74) is 1.74. The Labute approximate surface area is 163 Å². The van der Waals surface area contributed by atoms with Gasteiger partial charge in [-0.05, 0) is 50.6 Å². The van der Waals surface area contributed by atoms with Crippen LogP contribution in [0.3, 0.4) is 0 Å². The van der Waals surface area contributed by atoms with Crippen LogP contribution in [0.4, 0.5) is 0 Å². The second-order valence-corrected chi connectivity index (χ2v) is 7.93. The number of carbonyl (C=O) groups is 1. The van der Waals surface area contributed by atoms with Gasteiger partial charge in [-0.1, -0.05) is 35.3 Å². The topological polar surface area (TPSA) is 47.6 Å². The van der Waals surface area contributed by atoms with Crippen LogP contribution in [0.5, 0.6) is 11.5 Å². The van der Waals surface area contributed by atoms with Crippen LogP contribution in [0.1, 0.15) is 37.4 Å². The first-order chi connectivity index (χ1) is 12.2. The number of amides is 1. The zero-order chi connectivity index (χ0) is 18.9. The quantitative estimate of drug-likeness (QED) is 0.785. The molecule has 0 saturated carbocycles. The van der Waals surface area contributed by atoms with Crippen molar-refractivity contribution in [2.75, 3.05) is 6.61 Å². The molecule has 26 heavy (non-hydrogen) atoms. The molecule has 1 aliphatic heterocycles. The minimum Gasteiger partial charge on any atom is -0.487 e. The molecule has 4 nitrogen and oxygen atoms in total. The second-order valence-electron chi connectivity index (χ2n) is 7.09. The number of carbonyl (C=O) groups excluding carboxylic acids is 1. The van der Waals surface area contributed by atoms with Crippen molar-refractivity contribution in [3.8, 4) is 11.5 Å². The molecule has 2 aromatic rings. The Bertz CT molecular complexity index is 836. The van der Waals surface area contributed by atoms with Crippen molar-refractivity contribution in [3.63, 3.8) is 0 Å². The molecule has 0 spiro atoms. The largest absolute Gasteiger partial charge is 0.487 e. The van der Waals surface area contributed by atoms with Crippen molar-refractivity contribution >= 4 is 29.1 Å². The van der Waals surface area contributed by atoms with E-state index in [1.807, 2.05) is 39.0 Å². The first kappa shape index (κ1) is 18.9. The fourth-order valence-corrected chi connectivity index (χ4v) is 3.52. The second kappa shape index (κ2) is 7.37. The Morgan fingerprint density at radius 1 is 1.27 bits per heavy atom. The summed E-state index contributed by atoms with van der Waals surface area (Å²) in [6.07, 6.45) is 0.677. The fraction of sp³-hybridized carbons (Fsp3) is 0.350. The van der Waals surface area contributed by atoms with Crippen LogP contribution in [0, 0.1) is 6.92 Å². The van der Waals surface area contributed by atoms with E-state index in [0.29, 0.717) is 22.2 Å². The number of hydrogen-bond acceptors (Lipinski definition) is 3. The minimum atomic E-state index is -0.362. The lowest BCUT2D eigenvalue weighted by Gasteiger charge is -2.38. The highest BCUT2D eigenvalue weighted by Crippen LogP contribution is 2.39. The van der Waals surface area contributed by atoms with Crippen LogP contribution in [-0.2, 0) is 4.79 Å². The van der Waals surface area contributed by atoms with Crippen molar-refractivity contribution in [2.24, 2.45) is 0 Å². The summed E-state index contributed by atoms with van der Waals surface area (Å²) in [5.74, 6) is 1.02. The lowest BCUT2D eigenvalue weighted by atomic mass is 9.89. The van der Waals surface area contributed by atoms with Crippen LogP contribution in [0.2, 0.25) is 10.0 Å². The van der Waals surface area contributed by atoms with Gasteiger partial charge in [0.05, 0.1) is 11.1 Å². The number of ether oxygens (including phenoxy) is 2. The maximum Gasteiger partial charge on any atom is 0.258 e. The standard InChI is InChI=1S/C20H21Cl2NO3/c1-12-4-6-14-16(10-20(2,3)26-18(14)8-12)23-19(24)11-25-17-7-5-13(21)9-15(17)22/h4-9,16H,10-11H2,1-3H3,(H,23,24)/t16-/m0/s1. The van der Waals surface area contributed by atoms with E-state index in [-0.39, 0.29) is 24.2 Å². The van der Waals surface area contributed by atoms with Crippen LogP contribution in [0.15, 0.2) is 36.4 Å². The van der Waals surface area contributed by atoms with Crippen molar-refractivity contribution in [2.45, 2.75) is 38.8 Å². The Morgan fingerprint density at radius 2 is 2.04 bits per heavy atom. The van der Waals surface area contributed by atoms with Gasteiger partial charge in [-0.15, -0.1) is 0 Å². The molecule has 0 aliphatic carbocycles. The lowest BCUT2D eigenvalue weighted by Crippen LogP contribution is -2.42. The highest BCUT2D eigenvalue weighted by molar-refractivity contribution is 6.35. The van der Waals surface area contributed by atoms with Gasteiger partial charge in [0.25, 0.3) is 5.91 Å². The van der Waals surface area contributed by atoms with E-state index < -0.39 is 0 Å². The molecule has 6 heteroatoms. The monoisotopic (exact) mass is 393 g/mol. The number of rotatable bonds is 4. The number of halogens is 2. The summed E-state index contributed by atoms with van der Waals surface area (Å²) in [6, 6.07) is 10.8.